The number of rotatable bonds is 5. The van der Waals surface area contributed by atoms with Crippen molar-refractivity contribution in [3.05, 3.63) is 18.0 Å². The highest BCUT2D eigenvalue weighted by Gasteiger charge is 2.26. The fraction of sp³-hybridized carbons (Fsp3) is 0.842. The van der Waals surface area contributed by atoms with E-state index in [1.807, 2.05) is 6.20 Å². The van der Waals surface area contributed by atoms with E-state index in [4.69, 9.17) is 9.47 Å². The minimum atomic E-state index is 0.270. The second kappa shape index (κ2) is 7.98. The molecule has 5 nitrogen and oxygen atoms in total. The summed E-state index contributed by atoms with van der Waals surface area (Å²) >= 11 is 0. The van der Waals surface area contributed by atoms with Gasteiger partial charge in [0.25, 0.3) is 0 Å². The van der Waals surface area contributed by atoms with Crippen molar-refractivity contribution in [2.75, 3.05) is 32.9 Å². The van der Waals surface area contributed by atoms with E-state index < -0.39 is 0 Å². The maximum atomic E-state index is 6.37. The number of hydrogen-bond donors (Lipinski definition) is 0. The molecule has 24 heavy (non-hydrogen) atoms. The van der Waals surface area contributed by atoms with Gasteiger partial charge in [-0.2, -0.15) is 5.10 Å². The van der Waals surface area contributed by atoms with E-state index in [1.165, 1.54) is 44.2 Å². The van der Waals surface area contributed by atoms with Gasteiger partial charge in [-0.15, -0.1) is 0 Å². The molecule has 0 aromatic carbocycles. The van der Waals surface area contributed by atoms with Crippen LogP contribution in [-0.2, 0) is 22.6 Å². The van der Waals surface area contributed by atoms with Gasteiger partial charge >= 0.3 is 0 Å². The summed E-state index contributed by atoms with van der Waals surface area (Å²) in [7, 11) is 0. The Kier molecular flexibility index (Phi) is 5.50. The fourth-order valence-corrected chi connectivity index (χ4v) is 4.48. The second-order valence-corrected chi connectivity index (χ2v) is 7.86. The lowest BCUT2D eigenvalue weighted by atomic mass is 9.99. The second-order valence-electron chi connectivity index (χ2n) is 7.86. The van der Waals surface area contributed by atoms with Crippen LogP contribution in [0.1, 0.15) is 44.2 Å². The Hall–Kier alpha value is -0.910. The first-order chi connectivity index (χ1) is 11.9. The average molecular weight is 333 g/mol. The lowest BCUT2D eigenvalue weighted by molar-refractivity contribution is -0.00614. The SMILES string of the molecule is c1cc2n(n1)CC(OCC1CCCC1)CN(CC1CCOCC1)C2. The molecular formula is C19H31N3O2. The number of nitrogens with zero attached hydrogens (tertiary/aromatic N) is 3. The summed E-state index contributed by atoms with van der Waals surface area (Å²) in [6.45, 7) is 6.90. The summed E-state index contributed by atoms with van der Waals surface area (Å²) in [6.07, 6.45) is 10.1. The van der Waals surface area contributed by atoms with Crippen LogP contribution in [0.2, 0.25) is 0 Å². The molecule has 3 heterocycles. The summed E-state index contributed by atoms with van der Waals surface area (Å²) < 4.78 is 14.0. The molecule has 2 aliphatic heterocycles. The van der Waals surface area contributed by atoms with Gasteiger partial charge in [0.1, 0.15) is 0 Å². The van der Waals surface area contributed by atoms with Crippen molar-refractivity contribution < 1.29 is 9.47 Å². The maximum absolute atomic E-state index is 6.37. The van der Waals surface area contributed by atoms with E-state index in [-0.39, 0.29) is 6.10 Å². The zero-order chi connectivity index (χ0) is 16.2. The lowest BCUT2D eigenvalue weighted by Crippen LogP contribution is -2.38. The largest absolute Gasteiger partial charge is 0.381 e. The first-order valence-corrected chi connectivity index (χ1v) is 9.79. The summed E-state index contributed by atoms with van der Waals surface area (Å²) in [6, 6.07) is 2.16. The van der Waals surface area contributed by atoms with Crippen molar-refractivity contribution in [1.82, 2.24) is 14.7 Å². The number of aromatic nitrogens is 2. The molecule has 1 unspecified atom stereocenters. The molecule has 134 valence electrons. The predicted molar refractivity (Wildman–Crippen MR) is 92.7 cm³/mol. The highest BCUT2D eigenvalue weighted by Crippen LogP contribution is 2.26. The number of ether oxygens (including phenoxy) is 2. The van der Waals surface area contributed by atoms with E-state index in [0.29, 0.717) is 0 Å². The lowest BCUT2D eigenvalue weighted by Gasteiger charge is -2.30. The Morgan fingerprint density at radius 3 is 2.75 bits per heavy atom. The summed E-state index contributed by atoms with van der Waals surface area (Å²) in [5, 5.41) is 4.52. The monoisotopic (exact) mass is 333 g/mol. The van der Waals surface area contributed by atoms with E-state index in [1.54, 1.807) is 0 Å². The summed E-state index contributed by atoms with van der Waals surface area (Å²) in [5.41, 5.74) is 1.33. The summed E-state index contributed by atoms with van der Waals surface area (Å²) in [5.74, 6) is 1.55. The molecule has 1 atom stereocenters. The Morgan fingerprint density at radius 1 is 1.08 bits per heavy atom. The van der Waals surface area contributed by atoms with Crippen LogP contribution in [0.15, 0.2) is 12.3 Å². The van der Waals surface area contributed by atoms with Crippen molar-refractivity contribution in [2.24, 2.45) is 11.8 Å². The average Bonchev–Trinajstić information content (AvgIpc) is 3.23. The number of hydrogen-bond acceptors (Lipinski definition) is 4. The molecular weight excluding hydrogens is 302 g/mol. The van der Waals surface area contributed by atoms with E-state index >= 15 is 0 Å². The molecule has 5 heteroatoms. The normalized spacial score (nSPS) is 27.2. The molecule has 1 aromatic rings. The van der Waals surface area contributed by atoms with Gasteiger partial charge in [0, 0.05) is 45.7 Å². The molecule has 4 rings (SSSR count). The molecule has 2 fully saturated rings. The first-order valence-electron chi connectivity index (χ1n) is 9.79. The molecule has 3 aliphatic rings. The minimum absolute atomic E-state index is 0.270. The van der Waals surface area contributed by atoms with Crippen LogP contribution in [0, 0.1) is 11.8 Å². The topological polar surface area (TPSA) is 39.5 Å². The smallest absolute Gasteiger partial charge is 0.0897 e. The van der Waals surface area contributed by atoms with Crippen LogP contribution >= 0.6 is 0 Å². The van der Waals surface area contributed by atoms with Crippen LogP contribution in [0.4, 0.5) is 0 Å². The van der Waals surface area contributed by atoms with Gasteiger partial charge in [-0.1, -0.05) is 12.8 Å². The first kappa shape index (κ1) is 16.6. The number of fused-ring (bicyclic) bond motifs is 1. The van der Waals surface area contributed by atoms with E-state index in [2.05, 4.69) is 20.7 Å². The minimum Gasteiger partial charge on any atom is -0.381 e. The molecule has 1 aromatic heterocycles. The Bertz CT molecular complexity index is 506. The van der Waals surface area contributed by atoms with Gasteiger partial charge in [-0.3, -0.25) is 9.58 Å². The van der Waals surface area contributed by atoms with Crippen LogP contribution in [0.25, 0.3) is 0 Å². The third kappa shape index (κ3) is 4.19. The molecule has 0 N–H and O–H groups in total. The molecule has 0 amide bonds. The third-order valence-corrected chi connectivity index (χ3v) is 5.93. The van der Waals surface area contributed by atoms with Gasteiger partial charge in [0.05, 0.1) is 18.3 Å². The third-order valence-electron chi connectivity index (χ3n) is 5.93. The quantitative estimate of drug-likeness (QED) is 0.830. The van der Waals surface area contributed by atoms with Gasteiger partial charge in [0.15, 0.2) is 0 Å². The van der Waals surface area contributed by atoms with Gasteiger partial charge < -0.3 is 9.47 Å². The van der Waals surface area contributed by atoms with Crippen molar-refractivity contribution >= 4 is 0 Å². The van der Waals surface area contributed by atoms with Gasteiger partial charge in [-0.25, -0.2) is 0 Å². The fourth-order valence-electron chi connectivity index (χ4n) is 4.48. The molecule has 1 saturated heterocycles. The van der Waals surface area contributed by atoms with E-state index in [0.717, 1.165) is 57.8 Å². The van der Waals surface area contributed by atoms with Gasteiger partial charge in [0.2, 0.25) is 0 Å². The van der Waals surface area contributed by atoms with Crippen molar-refractivity contribution in [1.29, 1.82) is 0 Å². The highest BCUT2D eigenvalue weighted by atomic mass is 16.5. The molecule has 0 radical (unpaired) electrons. The van der Waals surface area contributed by atoms with Crippen molar-refractivity contribution in [3.8, 4) is 0 Å². The predicted octanol–water partition coefficient (Wildman–Crippen LogP) is 2.70. The standard InChI is InChI=1S/C19H31N3O2/c1-2-4-17(3-1)15-24-19-13-21(11-16-6-9-23-10-7-16)12-18-5-8-20-22(18)14-19/h5,8,16-17,19H,1-4,6-7,9-15H2. The van der Waals surface area contributed by atoms with Crippen LogP contribution in [-0.4, -0.2) is 53.7 Å². The molecule has 1 saturated carbocycles. The van der Waals surface area contributed by atoms with E-state index in [9.17, 15) is 0 Å². The zero-order valence-electron chi connectivity index (χ0n) is 14.7. The Balaban J connectivity index is 1.37. The van der Waals surface area contributed by atoms with Gasteiger partial charge in [-0.05, 0) is 43.6 Å². The summed E-state index contributed by atoms with van der Waals surface area (Å²) in [4.78, 5) is 2.59. The molecule has 1 aliphatic carbocycles. The molecule has 0 spiro atoms. The molecule has 0 bridgehead atoms. The Morgan fingerprint density at radius 2 is 1.92 bits per heavy atom. The maximum Gasteiger partial charge on any atom is 0.0897 e. The van der Waals surface area contributed by atoms with Crippen LogP contribution in [0.3, 0.4) is 0 Å². The highest BCUT2D eigenvalue weighted by molar-refractivity contribution is 5.02. The van der Waals surface area contributed by atoms with Crippen molar-refractivity contribution in [2.45, 2.75) is 57.7 Å². The van der Waals surface area contributed by atoms with Crippen molar-refractivity contribution in [3.63, 3.8) is 0 Å². The Labute approximate surface area is 145 Å². The zero-order valence-corrected chi connectivity index (χ0v) is 14.7. The van der Waals surface area contributed by atoms with Crippen LogP contribution in [0.5, 0.6) is 0 Å². The van der Waals surface area contributed by atoms with Crippen LogP contribution < -0.4 is 0 Å².